The molecular formula is C13H20N2O2. The first-order chi connectivity index (χ1) is 8.35. The maximum Gasteiger partial charge on any atom is 0.125 e. The Kier molecular flexibility index (Phi) is 4.23. The molecule has 0 aromatic heterocycles. The van der Waals surface area contributed by atoms with Crippen molar-refractivity contribution in [3.05, 3.63) is 23.8 Å². The summed E-state index contributed by atoms with van der Waals surface area (Å²) in [6.07, 6.45) is 0. The average molecular weight is 236 g/mol. The van der Waals surface area contributed by atoms with Crippen LogP contribution in [0.3, 0.4) is 0 Å². The van der Waals surface area contributed by atoms with Crippen LogP contribution in [0.25, 0.3) is 0 Å². The zero-order chi connectivity index (χ0) is 12.1. The average Bonchev–Trinajstić information content (AvgIpc) is 2.40. The van der Waals surface area contributed by atoms with Gasteiger partial charge >= 0.3 is 0 Å². The summed E-state index contributed by atoms with van der Waals surface area (Å²) >= 11 is 0. The summed E-state index contributed by atoms with van der Waals surface area (Å²) in [4.78, 5) is 2.33. The number of hydrogen-bond donors (Lipinski definition) is 1. The van der Waals surface area contributed by atoms with E-state index in [1.807, 2.05) is 7.05 Å². The summed E-state index contributed by atoms with van der Waals surface area (Å²) in [5.41, 5.74) is 2.40. The molecule has 0 radical (unpaired) electrons. The molecule has 4 nitrogen and oxygen atoms in total. The fourth-order valence-corrected chi connectivity index (χ4v) is 2.09. The van der Waals surface area contributed by atoms with Crippen LogP contribution in [0, 0.1) is 0 Å². The van der Waals surface area contributed by atoms with E-state index in [0.29, 0.717) is 0 Å². The molecule has 2 rings (SSSR count). The number of nitrogens with one attached hydrogen (secondary N) is 1. The molecule has 1 N–H and O–H groups in total. The van der Waals surface area contributed by atoms with Gasteiger partial charge in [0.05, 0.1) is 20.3 Å². The van der Waals surface area contributed by atoms with Crippen LogP contribution >= 0.6 is 0 Å². The molecule has 0 amide bonds. The Morgan fingerprint density at radius 1 is 1.35 bits per heavy atom. The van der Waals surface area contributed by atoms with E-state index in [1.54, 1.807) is 7.11 Å². The molecule has 1 saturated heterocycles. The molecule has 4 heteroatoms. The van der Waals surface area contributed by atoms with Crippen molar-refractivity contribution >= 4 is 5.69 Å². The molecule has 0 atom stereocenters. The number of methoxy groups -OCH3 is 1. The predicted molar refractivity (Wildman–Crippen MR) is 68.8 cm³/mol. The largest absolute Gasteiger partial charge is 0.496 e. The molecule has 1 fully saturated rings. The highest BCUT2D eigenvalue weighted by molar-refractivity contribution is 5.54. The van der Waals surface area contributed by atoms with Crippen molar-refractivity contribution in [1.29, 1.82) is 0 Å². The fourth-order valence-electron chi connectivity index (χ4n) is 2.09. The molecule has 0 bridgehead atoms. The number of morpholine rings is 1. The smallest absolute Gasteiger partial charge is 0.125 e. The van der Waals surface area contributed by atoms with Crippen molar-refractivity contribution < 1.29 is 9.47 Å². The van der Waals surface area contributed by atoms with Gasteiger partial charge in [-0.15, -0.1) is 0 Å². The Balaban J connectivity index is 2.17. The number of nitrogens with zero attached hydrogens (tertiary/aromatic N) is 1. The summed E-state index contributed by atoms with van der Waals surface area (Å²) in [5, 5.41) is 3.14. The number of benzene rings is 1. The van der Waals surface area contributed by atoms with Crippen molar-refractivity contribution in [1.82, 2.24) is 5.32 Å². The molecule has 94 valence electrons. The van der Waals surface area contributed by atoms with Crippen LogP contribution in [0.2, 0.25) is 0 Å². The highest BCUT2D eigenvalue weighted by atomic mass is 16.5. The SMILES string of the molecule is CNCc1ccc(N2CCOCC2)cc1OC. The Morgan fingerprint density at radius 2 is 2.12 bits per heavy atom. The predicted octanol–water partition coefficient (Wildman–Crippen LogP) is 1.25. The third-order valence-corrected chi connectivity index (χ3v) is 3.01. The van der Waals surface area contributed by atoms with E-state index in [4.69, 9.17) is 9.47 Å². The minimum Gasteiger partial charge on any atom is -0.496 e. The van der Waals surface area contributed by atoms with Gasteiger partial charge in [0.15, 0.2) is 0 Å². The summed E-state index contributed by atoms with van der Waals surface area (Å²) in [6.45, 7) is 4.34. The normalized spacial score (nSPS) is 16.0. The molecule has 1 aliphatic rings. The standard InChI is InChI=1S/C13H20N2O2/c1-14-10-11-3-4-12(9-13(11)16-2)15-5-7-17-8-6-15/h3-4,9,14H,5-8,10H2,1-2H3. The minimum atomic E-state index is 0.806. The van der Waals surface area contributed by atoms with E-state index in [0.717, 1.165) is 38.6 Å². The van der Waals surface area contributed by atoms with Crippen LogP contribution in [0.5, 0.6) is 5.75 Å². The number of ether oxygens (including phenoxy) is 2. The second-order valence-electron chi connectivity index (χ2n) is 4.13. The van der Waals surface area contributed by atoms with Gasteiger partial charge in [0, 0.05) is 37.0 Å². The van der Waals surface area contributed by atoms with E-state index < -0.39 is 0 Å². The Morgan fingerprint density at radius 3 is 2.76 bits per heavy atom. The van der Waals surface area contributed by atoms with Crippen molar-refractivity contribution in [3.63, 3.8) is 0 Å². The van der Waals surface area contributed by atoms with Gasteiger partial charge in [0.1, 0.15) is 5.75 Å². The highest BCUT2D eigenvalue weighted by Gasteiger charge is 2.13. The molecule has 0 spiro atoms. The van der Waals surface area contributed by atoms with Gasteiger partial charge in [-0.2, -0.15) is 0 Å². The zero-order valence-corrected chi connectivity index (χ0v) is 10.5. The van der Waals surface area contributed by atoms with E-state index in [9.17, 15) is 0 Å². The van der Waals surface area contributed by atoms with Gasteiger partial charge in [-0.3, -0.25) is 0 Å². The van der Waals surface area contributed by atoms with E-state index >= 15 is 0 Å². The fraction of sp³-hybridized carbons (Fsp3) is 0.538. The third kappa shape index (κ3) is 2.90. The van der Waals surface area contributed by atoms with Gasteiger partial charge in [0.2, 0.25) is 0 Å². The third-order valence-electron chi connectivity index (χ3n) is 3.01. The Labute approximate surface area is 103 Å². The summed E-state index contributed by atoms with van der Waals surface area (Å²) in [7, 11) is 3.66. The second kappa shape index (κ2) is 5.89. The Hall–Kier alpha value is -1.26. The lowest BCUT2D eigenvalue weighted by Gasteiger charge is -2.29. The Bertz CT molecular complexity index is 362. The molecule has 1 aromatic rings. The first-order valence-electron chi connectivity index (χ1n) is 5.99. The lowest BCUT2D eigenvalue weighted by molar-refractivity contribution is 0.122. The molecule has 0 aliphatic carbocycles. The second-order valence-corrected chi connectivity index (χ2v) is 4.13. The zero-order valence-electron chi connectivity index (χ0n) is 10.5. The lowest BCUT2D eigenvalue weighted by atomic mass is 10.1. The quantitative estimate of drug-likeness (QED) is 0.853. The number of rotatable bonds is 4. The van der Waals surface area contributed by atoms with Crippen LogP contribution in [0.1, 0.15) is 5.56 Å². The first kappa shape index (κ1) is 12.2. The van der Waals surface area contributed by atoms with Crippen molar-refractivity contribution in [3.8, 4) is 5.75 Å². The van der Waals surface area contributed by atoms with Gasteiger partial charge < -0.3 is 19.7 Å². The van der Waals surface area contributed by atoms with Gasteiger partial charge in [0.25, 0.3) is 0 Å². The van der Waals surface area contributed by atoms with Crippen molar-refractivity contribution in [2.24, 2.45) is 0 Å². The number of anilines is 1. The van der Waals surface area contributed by atoms with Crippen LogP contribution in [0.4, 0.5) is 5.69 Å². The van der Waals surface area contributed by atoms with E-state index in [2.05, 4.69) is 28.4 Å². The summed E-state index contributed by atoms with van der Waals surface area (Å²) in [5.74, 6) is 0.948. The molecule has 1 aromatic carbocycles. The monoisotopic (exact) mass is 236 g/mol. The van der Waals surface area contributed by atoms with Gasteiger partial charge in [-0.05, 0) is 13.1 Å². The van der Waals surface area contributed by atoms with Gasteiger partial charge in [-0.1, -0.05) is 6.07 Å². The van der Waals surface area contributed by atoms with E-state index in [-0.39, 0.29) is 0 Å². The van der Waals surface area contributed by atoms with E-state index in [1.165, 1.54) is 11.3 Å². The molecular weight excluding hydrogens is 216 g/mol. The van der Waals surface area contributed by atoms with Crippen LogP contribution < -0.4 is 15.0 Å². The number of hydrogen-bond acceptors (Lipinski definition) is 4. The van der Waals surface area contributed by atoms with Crippen molar-refractivity contribution in [2.45, 2.75) is 6.54 Å². The summed E-state index contributed by atoms with van der Waals surface area (Å²) in [6, 6.07) is 6.39. The summed E-state index contributed by atoms with van der Waals surface area (Å²) < 4.78 is 10.8. The van der Waals surface area contributed by atoms with Crippen LogP contribution in [0.15, 0.2) is 18.2 Å². The van der Waals surface area contributed by atoms with Gasteiger partial charge in [-0.25, -0.2) is 0 Å². The lowest BCUT2D eigenvalue weighted by Crippen LogP contribution is -2.36. The minimum absolute atomic E-state index is 0.806. The first-order valence-corrected chi connectivity index (χ1v) is 5.99. The van der Waals surface area contributed by atoms with Crippen molar-refractivity contribution in [2.75, 3.05) is 45.4 Å². The molecule has 17 heavy (non-hydrogen) atoms. The molecule has 1 aliphatic heterocycles. The van der Waals surface area contributed by atoms with Crippen LogP contribution in [-0.4, -0.2) is 40.5 Å². The topological polar surface area (TPSA) is 33.7 Å². The molecule has 0 unspecified atom stereocenters. The van der Waals surface area contributed by atoms with Crippen LogP contribution in [-0.2, 0) is 11.3 Å². The highest BCUT2D eigenvalue weighted by Crippen LogP contribution is 2.26. The maximum atomic E-state index is 5.43. The maximum absolute atomic E-state index is 5.43. The molecule has 0 saturated carbocycles. The molecule has 1 heterocycles.